The second-order valence-electron chi connectivity index (χ2n) is 4.57. The van der Waals surface area contributed by atoms with Gasteiger partial charge in [0.15, 0.2) is 0 Å². The maximum absolute atomic E-state index is 10.6. The van der Waals surface area contributed by atoms with E-state index in [0.29, 0.717) is 12.4 Å². The number of carboxylic acid groups (broad SMARTS) is 1. The third kappa shape index (κ3) is 2.69. The highest BCUT2D eigenvalue weighted by molar-refractivity contribution is 5.68. The zero-order valence-corrected chi connectivity index (χ0v) is 10.5. The van der Waals surface area contributed by atoms with E-state index >= 15 is 0 Å². The van der Waals surface area contributed by atoms with Crippen molar-refractivity contribution in [1.29, 1.82) is 0 Å². The van der Waals surface area contributed by atoms with Gasteiger partial charge < -0.3 is 14.4 Å². The van der Waals surface area contributed by atoms with Gasteiger partial charge in [0.25, 0.3) is 0 Å². The van der Waals surface area contributed by atoms with Crippen molar-refractivity contribution in [2.24, 2.45) is 0 Å². The summed E-state index contributed by atoms with van der Waals surface area (Å²) in [6.07, 6.45) is 4.83. The molecule has 1 heterocycles. The molecular weight excluding hydrogens is 236 g/mol. The summed E-state index contributed by atoms with van der Waals surface area (Å²) in [6.45, 7) is 2.53. The van der Waals surface area contributed by atoms with Gasteiger partial charge in [-0.25, -0.2) is 0 Å². The first-order valence-electron chi connectivity index (χ1n) is 6.35. The molecule has 1 aliphatic rings. The number of ether oxygens (including phenoxy) is 1. The number of nitrogens with zero attached hydrogens (tertiary/aromatic N) is 2. The van der Waals surface area contributed by atoms with Crippen LogP contribution in [0.25, 0.3) is 0 Å². The van der Waals surface area contributed by atoms with Crippen molar-refractivity contribution in [3.05, 3.63) is 11.7 Å². The normalized spacial score (nSPS) is 18.7. The van der Waals surface area contributed by atoms with Gasteiger partial charge in [0.05, 0.1) is 0 Å². The van der Waals surface area contributed by atoms with E-state index in [0.717, 1.165) is 25.7 Å². The summed E-state index contributed by atoms with van der Waals surface area (Å²) in [4.78, 5) is 14.8. The maximum Gasteiger partial charge on any atom is 0.312 e. The van der Waals surface area contributed by atoms with Gasteiger partial charge in [0.1, 0.15) is 12.0 Å². The number of hydrogen-bond acceptors (Lipinski definition) is 5. The van der Waals surface area contributed by atoms with Gasteiger partial charge in [0, 0.05) is 6.61 Å². The average Bonchev–Trinajstić information content (AvgIpc) is 2.79. The molecule has 6 heteroatoms. The first-order chi connectivity index (χ1) is 8.66. The minimum absolute atomic E-state index is 0.141. The summed E-state index contributed by atoms with van der Waals surface area (Å²) in [7, 11) is 0. The van der Waals surface area contributed by atoms with E-state index in [1.807, 2.05) is 6.92 Å². The predicted molar refractivity (Wildman–Crippen MR) is 62.0 cm³/mol. The summed E-state index contributed by atoms with van der Waals surface area (Å²) in [5.41, 5.74) is -0.479. The van der Waals surface area contributed by atoms with E-state index in [2.05, 4.69) is 10.1 Å². The molecule has 0 aliphatic heterocycles. The van der Waals surface area contributed by atoms with E-state index in [4.69, 9.17) is 14.4 Å². The maximum atomic E-state index is 10.6. The van der Waals surface area contributed by atoms with Gasteiger partial charge >= 0.3 is 5.97 Å². The number of carbonyl (C=O) groups is 1. The van der Waals surface area contributed by atoms with Crippen LogP contribution in [0.3, 0.4) is 0 Å². The second-order valence-corrected chi connectivity index (χ2v) is 4.57. The molecule has 0 aromatic carbocycles. The molecule has 1 aliphatic carbocycles. The molecule has 0 bridgehead atoms. The second kappa shape index (κ2) is 5.48. The molecule has 0 radical (unpaired) electrons. The Labute approximate surface area is 105 Å². The van der Waals surface area contributed by atoms with Crippen LogP contribution in [0.15, 0.2) is 4.52 Å². The van der Waals surface area contributed by atoms with Crippen LogP contribution in [-0.4, -0.2) is 27.8 Å². The van der Waals surface area contributed by atoms with Crippen LogP contribution in [0.4, 0.5) is 0 Å². The van der Waals surface area contributed by atoms with E-state index in [1.165, 1.54) is 6.42 Å². The number of carboxylic acids is 1. The molecule has 0 atom stereocenters. The first-order valence-corrected chi connectivity index (χ1v) is 6.35. The van der Waals surface area contributed by atoms with Crippen molar-refractivity contribution in [1.82, 2.24) is 10.1 Å². The fraction of sp³-hybridized carbons (Fsp3) is 0.750. The Morgan fingerprint density at radius 1 is 1.44 bits per heavy atom. The lowest BCUT2D eigenvalue weighted by atomic mass is 9.84. The smallest absolute Gasteiger partial charge is 0.312 e. The molecule has 1 saturated carbocycles. The molecule has 2 rings (SSSR count). The van der Waals surface area contributed by atoms with Crippen molar-refractivity contribution in [3.63, 3.8) is 0 Å². The zero-order valence-electron chi connectivity index (χ0n) is 10.5. The molecule has 1 N–H and O–H groups in total. The Morgan fingerprint density at radius 3 is 2.78 bits per heavy atom. The zero-order chi connectivity index (χ0) is 13.0. The molecule has 1 aromatic rings. The molecular formula is C12H18N2O4. The minimum Gasteiger partial charge on any atom is -0.481 e. The third-order valence-electron chi connectivity index (χ3n) is 3.26. The van der Waals surface area contributed by atoms with E-state index < -0.39 is 11.6 Å². The number of aliphatic carboxylic acids is 1. The lowest BCUT2D eigenvalue weighted by molar-refractivity contribution is -0.136. The van der Waals surface area contributed by atoms with E-state index in [9.17, 15) is 4.79 Å². The van der Waals surface area contributed by atoms with E-state index in [1.54, 1.807) is 0 Å². The Morgan fingerprint density at radius 2 is 2.17 bits per heavy atom. The summed E-state index contributed by atoms with van der Waals surface area (Å²) in [5.74, 6) is -0.332. The number of rotatable bonds is 5. The van der Waals surface area contributed by atoms with Crippen LogP contribution in [0.1, 0.15) is 50.7 Å². The van der Waals surface area contributed by atoms with Gasteiger partial charge in [-0.1, -0.05) is 24.4 Å². The minimum atomic E-state index is -0.973. The summed E-state index contributed by atoms with van der Waals surface area (Å²) < 4.78 is 10.8. The van der Waals surface area contributed by atoms with Crippen LogP contribution in [0, 0.1) is 0 Å². The molecule has 100 valence electrons. The molecule has 0 spiro atoms. The van der Waals surface area contributed by atoms with Gasteiger partial charge in [-0.15, -0.1) is 0 Å². The Hall–Kier alpha value is -1.43. The summed E-state index contributed by atoms with van der Waals surface area (Å²) in [6, 6.07) is 0. The molecule has 18 heavy (non-hydrogen) atoms. The lowest BCUT2D eigenvalue weighted by Crippen LogP contribution is -2.33. The SMILES string of the molecule is CCOC1(c2noc(CC(=O)O)n2)CCCCC1. The molecule has 0 saturated heterocycles. The summed E-state index contributed by atoms with van der Waals surface area (Å²) in [5, 5.41) is 12.6. The van der Waals surface area contributed by atoms with Gasteiger partial charge in [-0.3, -0.25) is 4.79 Å². The van der Waals surface area contributed by atoms with Crippen LogP contribution < -0.4 is 0 Å². The molecule has 6 nitrogen and oxygen atoms in total. The topological polar surface area (TPSA) is 85.5 Å². The lowest BCUT2D eigenvalue weighted by Gasteiger charge is -2.33. The highest BCUT2D eigenvalue weighted by atomic mass is 16.5. The first kappa shape index (κ1) is 13.0. The standard InChI is InChI=1S/C12H18N2O4/c1-2-17-12(6-4-3-5-7-12)11-13-9(18-14-11)8-10(15)16/h2-8H2,1H3,(H,15,16). The highest BCUT2D eigenvalue weighted by Crippen LogP contribution is 2.38. The van der Waals surface area contributed by atoms with Crippen LogP contribution in [0.2, 0.25) is 0 Å². The van der Waals surface area contributed by atoms with Crippen LogP contribution >= 0.6 is 0 Å². The monoisotopic (exact) mass is 254 g/mol. The summed E-state index contributed by atoms with van der Waals surface area (Å²) >= 11 is 0. The van der Waals surface area contributed by atoms with Crippen molar-refractivity contribution in [3.8, 4) is 0 Å². The fourth-order valence-corrected chi connectivity index (χ4v) is 2.47. The fourth-order valence-electron chi connectivity index (χ4n) is 2.47. The molecule has 0 unspecified atom stereocenters. The van der Waals surface area contributed by atoms with Gasteiger partial charge in [-0.2, -0.15) is 4.98 Å². The van der Waals surface area contributed by atoms with Crippen LogP contribution in [0.5, 0.6) is 0 Å². The van der Waals surface area contributed by atoms with Gasteiger partial charge in [0.2, 0.25) is 11.7 Å². The van der Waals surface area contributed by atoms with Crippen molar-refractivity contribution in [2.45, 2.75) is 51.0 Å². The van der Waals surface area contributed by atoms with E-state index in [-0.39, 0.29) is 12.3 Å². The van der Waals surface area contributed by atoms with Crippen molar-refractivity contribution < 1.29 is 19.2 Å². The van der Waals surface area contributed by atoms with Gasteiger partial charge in [-0.05, 0) is 19.8 Å². The highest BCUT2D eigenvalue weighted by Gasteiger charge is 2.39. The molecule has 1 aromatic heterocycles. The van der Waals surface area contributed by atoms with Crippen molar-refractivity contribution >= 4 is 5.97 Å². The Bertz CT molecular complexity index is 404. The average molecular weight is 254 g/mol. The predicted octanol–water partition coefficient (Wildman–Crippen LogP) is 1.89. The Kier molecular flexibility index (Phi) is 3.96. The third-order valence-corrected chi connectivity index (χ3v) is 3.26. The molecule has 0 amide bonds. The quantitative estimate of drug-likeness (QED) is 0.863. The molecule has 1 fully saturated rings. The number of aromatic nitrogens is 2. The Balaban J connectivity index is 2.19. The van der Waals surface area contributed by atoms with Crippen molar-refractivity contribution in [2.75, 3.05) is 6.61 Å². The number of hydrogen-bond donors (Lipinski definition) is 1. The largest absolute Gasteiger partial charge is 0.481 e. The van der Waals surface area contributed by atoms with Crippen LogP contribution in [-0.2, 0) is 21.6 Å².